The van der Waals surface area contributed by atoms with Crippen LogP contribution in [0.15, 0.2) is 70.6 Å². The second kappa shape index (κ2) is 9.13. The Morgan fingerprint density at radius 1 is 1.03 bits per heavy atom. The molecule has 1 aliphatic heterocycles. The van der Waals surface area contributed by atoms with E-state index in [2.05, 4.69) is 10.2 Å². The lowest BCUT2D eigenvalue weighted by Gasteiger charge is -2.23. The van der Waals surface area contributed by atoms with Gasteiger partial charge in [0.1, 0.15) is 5.25 Å². The fraction of sp³-hybridized carbons (Fsp3) is 0.318. The lowest BCUT2D eigenvalue weighted by atomic mass is 10.1. The molecular weight excluding hydrogens is 384 g/mol. The summed E-state index contributed by atoms with van der Waals surface area (Å²) in [5.41, 5.74) is 1.84. The molecule has 3 aromatic rings. The number of nitrogens with one attached hydrogen (secondary N) is 1. The number of nitrogens with zero attached hydrogens (tertiary/aromatic N) is 3. The van der Waals surface area contributed by atoms with Crippen molar-refractivity contribution in [2.45, 2.75) is 36.2 Å². The molecule has 1 fully saturated rings. The van der Waals surface area contributed by atoms with Gasteiger partial charge in [0.15, 0.2) is 5.16 Å². The maximum absolute atomic E-state index is 13.2. The van der Waals surface area contributed by atoms with E-state index >= 15 is 0 Å². The summed E-state index contributed by atoms with van der Waals surface area (Å²) in [5.74, 6) is 0.0868. The molecule has 1 aliphatic rings. The van der Waals surface area contributed by atoms with Gasteiger partial charge in [-0.05, 0) is 30.4 Å². The average Bonchev–Trinajstić information content (AvgIpc) is 3.42. The fourth-order valence-electron chi connectivity index (χ4n) is 3.57. The Morgan fingerprint density at radius 3 is 2.38 bits per heavy atom. The monoisotopic (exact) mass is 408 g/mol. The molecule has 29 heavy (non-hydrogen) atoms. The van der Waals surface area contributed by atoms with Crippen LogP contribution in [0.5, 0.6) is 0 Å². The molecule has 4 rings (SSSR count). The van der Waals surface area contributed by atoms with E-state index in [0.717, 1.165) is 43.5 Å². The van der Waals surface area contributed by atoms with Gasteiger partial charge in [-0.25, -0.2) is 9.89 Å². The third-order valence-corrected chi connectivity index (χ3v) is 6.39. The lowest BCUT2D eigenvalue weighted by molar-refractivity contribution is -0.129. The van der Waals surface area contributed by atoms with Crippen LogP contribution in [0.4, 0.5) is 0 Å². The number of rotatable bonds is 7. The van der Waals surface area contributed by atoms with Crippen molar-refractivity contribution in [2.24, 2.45) is 0 Å². The number of aromatic nitrogens is 3. The predicted molar refractivity (Wildman–Crippen MR) is 114 cm³/mol. The Morgan fingerprint density at radius 2 is 1.69 bits per heavy atom. The van der Waals surface area contributed by atoms with E-state index in [1.807, 2.05) is 65.6 Å². The number of carbonyl (C=O) groups excluding carboxylic acids is 1. The molecule has 2 aromatic carbocycles. The number of amides is 1. The number of carbonyl (C=O) groups is 1. The summed E-state index contributed by atoms with van der Waals surface area (Å²) in [7, 11) is 0. The van der Waals surface area contributed by atoms with Gasteiger partial charge in [-0.2, -0.15) is 0 Å². The molecular formula is C22H24N4O2S. The van der Waals surface area contributed by atoms with E-state index in [0.29, 0.717) is 11.7 Å². The number of benzene rings is 2. The Balaban J connectivity index is 1.57. The van der Waals surface area contributed by atoms with E-state index in [-0.39, 0.29) is 11.6 Å². The molecule has 150 valence electrons. The highest BCUT2D eigenvalue weighted by Crippen LogP contribution is 2.36. The average molecular weight is 409 g/mol. The van der Waals surface area contributed by atoms with Crippen LogP contribution in [-0.2, 0) is 17.8 Å². The van der Waals surface area contributed by atoms with Gasteiger partial charge in [-0.3, -0.25) is 9.36 Å². The molecule has 1 N–H and O–H groups in total. The zero-order valence-electron chi connectivity index (χ0n) is 16.2. The SMILES string of the molecule is O=C(C(Sc1n[nH]c(=O)n1CCc1ccccc1)c1ccccc1)N1CCCC1. The van der Waals surface area contributed by atoms with Crippen LogP contribution in [0.3, 0.4) is 0 Å². The summed E-state index contributed by atoms with van der Waals surface area (Å²) in [5, 5.41) is 6.90. The first-order valence-corrected chi connectivity index (χ1v) is 10.8. The van der Waals surface area contributed by atoms with E-state index < -0.39 is 5.25 Å². The number of thioether (sulfide) groups is 1. The summed E-state index contributed by atoms with van der Waals surface area (Å²) in [6, 6.07) is 19.8. The largest absolute Gasteiger partial charge is 0.343 e. The maximum Gasteiger partial charge on any atom is 0.343 e. The van der Waals surface area contributed by atoms with Crippen molar-refractivity contribution in [3.8, 4) is 0 Å². The summed E-state index contributed by atoms with van der Waals surface area (Å²) in [6.07, 6.45) is 2.81. The quantitative estimate of drug-likeness (QED) is 0.609. The number of hydrogen-bond donors (Lipinski definition) is 1. The minimum atomic E-state index is -0.417. The first kappa shape index (κ1) is 19.5. The Kier molecular flexibility index (Phi) is 6.14. The zero-order valence-corrected chi connectivity index (χ0v) is 17.0. The molecule has 1 amide bonds. The maximum atomic E-state index is 13.2. The van der Waals surface area contributed by atoms with Gasteiger partial charge in [-0.1, -0.05) is 72.4 Å². The van der Waals surface area contributed by atoms with E-state index in [4.69, 9.17) is 0 Å². The number of aromatic amines is 1. The van der Waals surface area contributed by atoms with Crippen molar-refractivity contribution in [3.05, 3.63) is 82.3 Å². The van der Waals surface area contributed by atoms with Gasteiger partial charge < -0.3 is 4.90 Å². The zero-order chi connectivity index (χ0) is 20.1. The molecule has 0 spiro atoms. The van der Waals surface area contributed by atoms with Crippen LogP contribution in [0.2, 0.25) is 0 Å². The molecule has 0 radical (unpaired) electrons. The van der Waals surface area contributed by atoms with Crippen LogP contribution in [-0.4, -0.2) is 38.7 Å². The van der Waals surface area contributed by atoms with Crippen LogP contribution >= 0.6 is 11.8 Å². The molecule has 1 saturated heterocycles. The minimum absolute atomic E-state index is 0.0868. The first-order chi connectivity index (χ1) is 14.2. The normalized spacial score (nSPS) is 14.8. The number of H-pyrrole nitrogens is 1. The lowest BCUT2D eigenvalue weighted by Crippen LogP contribution is -2.31. The molecule has 1 aromatic heterocycles. The summed E-state index contributed by atoms with van der Waals surface area (Å²) >= 11 is 1.35. The second-order valence-corrected chi connectivity index (χ2v) is 8.21. The Labute approximate surface area is 173 Å². The van der Waals surface area contributed by atoms with Crippen LogP contribution in [0.1, 0.15) is 29.2 Å². The van der Waals surface area contributed by atoms with Crippen molar-refractivity contribution in [2.75, 3.05) is 13.1 Å². The van der Waals surface area contributed by atoms with Crippen LogP contribution in [0, 0.1) is 0 Å². The number of hydrogen-bond acceptors (Lipinski definition) is 4. The van der Waals surface area contributed by atoms with Crippen molar-refractivity contribution in [1.82, 2.24) is 19.7 Å². The molecule has 0 bridgehead atoms. The van der Waals surface area contributed by atoms with Gasteiger partial charge in [-0.15, -0.1) is 5.10 Å². The van der Waals surface area contributed by atoms with Gasteiger partial charge >= 0.3 is 5.69 Å². The standard InChI is InChI=1S/C22H24N4O2S/c27-20(25-14-7-8-15-25)19(18-11-5-2-6-12-18)29-22-24-23-21(28)26(22)16-13-17-9-3-1-4-10-17/h1-6,9-12,19H,7-8,13-16H2,(H,23,28). The Bertz CT molecular complexity index is 994. The second-order valence-electron chi connectivity index (χ2n) is 7.14. The van der Waals surface area contributed by atoms with Crippen LogP contribution in [0.25, 0.3) is 0 Å². The molecule has 1 unspecified atom stereocenters. The highest BCUT2D eigenvalue weighted by atomic mass is 32.2. The van der Waals surface area contributed by atoms with Gasteiger partial charge in [0, 0.05) is 19.6 Å². The Hall–Kier alpha value is -2.80. The van der Waals surface area contributed by atoms with Crippen molar-refractivity contribution >= 4 is 17.7 Å². The van der Waals surface area contributed by atoms with E-state index in [9.17, 15) is 9.59 Å². The van der Waals surface area contributed by atoms with E-state index in [1.54, 1.807) is 4.57 Å². The molecule has 0 saturated carbocycles. The third-order valence-electron chi connectivity index (χ3n) is 5.16. The molecule has 6 nitrogen and oxygen atoms in total. The highest BCUT2D eigenvalue weighted by Gasteiger charge is 2.30. The number of likely N-dealkylation sites (tertiary alicyclic amines) is 1. The van der Waals surface area contributed by atoms with Crippen molar-refractivity contribution in [1.29, 1.82) is 0 Å². The number of aryl methyl sites for hydroxylation is 1. The summed E-state index contributed by atoms with van der Waals surface area (Å²) < 4.78 is 1.63. The molecule has 2 heterocycles. The van der Waals surface area contributed by atoms with Crippen LogP contribution < -0.4 is 5.69 Å². The fourth-order valence-corrected chi connectivity index (χ4v) is 4.73. The summed E-state index contributed by atoms with van der Waals surface area (Å²) in [6.45, 7) is 2.11. The predicted octanol–water partition coefficient (Wildman–Crippen LogP) is 3.27. The topological polar surface area (TPSA) is 71.0 Å². The van der Waals surface area contributed by atoms with Gasteiger partial charge in [0.05, 0.1) is 0 Å². The third kappa shape index (κ3) is 4.62. The van der Waals surface area contributed by atoms with Crippen molar-refractivity contribution < 1.29 is 4.79 Å². The smallest absolute Gasteiger partial charge is 0.341 e. The molecule has 1 atom stereocenters. The minimum Gasteiger partial charge on any atom is -0.341 e. The van der Waals surface area contributed by atoms with Gasteiger partial charge in [0.2, 0.25) is 5.91 Å². The highest BCUT2D eigenvalue weighted by molar-refractivity contribution is 8.00. The summed E-state index contributed by atoms with van der Waals surface area (Å²) in [4.78, 5) is 27.5. The van der Waals surface area contributed by atoms with Gasteiger partial charge in [0.25, 0.3) is 0 Å². The first-order valence-electron chi connectivity index (χ1n) is 9.92. The molecule has 7 heteroatoms. The molecule has 0 aliphatic carbocycles. The van der Waals surface area contributed by atoms with E-state index in [1.165, 1.54) is 11.8 Å². The van der Waals surface area contributed by atoms with Crippen molar-refractivity contribution in [3.63, 3.8) is 0 Å².